The zero-order chi connectivity index (χ0) is 15.1. The van der Waals surface area contributed by atoms with Crippen molar-refractivity contribution in [2.24, 2.45) is 11.8 Å². The van der Waals surface area contributed by atoms with Crippen molar-refractivity contribution in [1.82, 2.24) is 4.90 Å². The smallest absolute Gasteiger partial charge is 0.270 e. The highest BCUT2D eigenvalue weighted by Crippen LogP contribution is 2.38. The van der Waals surface area contributed by atoms with Gasteiger partial charge in [0.05, 0.1) is 10.5 Å². The van der Waals surface area contributed by atoms with Crippen LogP contribution in [0, 0.1) is 34.7 Å². The number of nitrogens with zero attached hydrogens (tertiary/aromatic N) is 2. The topological polar surface area (TPSA) is 63.5 Å². The zero-order valence-electron chi connectivity index (χ0n) is 11.8. The standard InChI is InChI=1S/C15H17FN2O3/c1-9-5-12(18(20)21)6-13(14(9)16)15(19)17-7-10-3-2-4-11(10)8-17/h5-6,10-11H,2-4,7-8H2,1H3. The number of amides is 1. The summed E-state index contributed by atoms with van der Waals surface area (Å²) in [6.45, 7) is 2.73. The maximum Gasteiger partial charge on any atom is 0.270 e. The number of non-ortho nitro benzene ring substituents is 1. The van der Waals surface area contributed by atoms with Crippen LogP contribution in [0.15, 0.2) is 12.1 Å². The molecule has 2 fully saturated rings. The third-order valence-electron chi connectivity index (χ3n) is 4.69. The number of benzene rings is 1. The third-order valence-corrected chi connectivity index (χ3v) is 4.69. The summed E-state index contributed by atoms with van der Waals surface area (Å²) in [7, 11) is 0. The predicted molar refractivity (Wildman–Crippen MR) is 74.5 cm³/mol. The Bertz CT molecular complexity index is 605. The first-order chi connectivity index (χ1) is 9.97. The number of halogens is 1. The third kappa shape index (κ3) is 2.39. The summed E-state index contributed by atoms with van der Waals surface area (Å²) < 4.78 is 14.2. The number of hydrogen-bond donors (Lipinski definition) is 0. The number of fused-ring (bicyclic) bond motifs is 1. The van der Waals surface area contributed by atoms with Crippen LogP contribution >= 0.6 is 0 Å². The Kier molecular flexibility index (Phi) is 3.39. The minimum Gasteiger partial charge on any atom is -0.338 e. The molecule has 0 N–H and O–H groups in total. The number of carbonyl (C=O) groups is 1. The van der Waals surface area contributed by atoms with Crippen LogP contribution in [-0.2, 0) is 0 Å². The van der Waals surface area contributed by atoms with Crippen molar-refractivity contribution in [3.8, 4) is 0 Å². The molecule has 21 heavy (non-hydrogen) atoms. The highest BCUT2D eigenvalue weighted by molar-refractivity contribution is 5.95. The summed E-state index contributed by atoms with van der Waals surface area (Å²) in [5.41, 5.74) is -0.287. The van der Waals surface area contributed by atoms with E-state index in [0.29, 0.717) is 24.9 Å². The molecular weight excluding hydrogens is 275 g/mol. The van der Waals surface area contributed by atoms with Crippen molar-refractivity contribution in [1.29, 1.82) is 0 Å². The Hall–Kier alpha value is -1.98. The molecular formula is C15H17FN2O3. The molecule has 0 bridgehead atoms. The quantitative estimate of drug-likeness (QED) is 0.622. The minimum atomic E-state index is -0.650. The number of likely N-dealkylation sites (tertiary alicyclic amines) is 1. The van der Waals surface area contributed by atoms with Crippen LogP contribution in [0.1, 0.15) is 35.2 Å². The van der Waals surface area contributed by atoms with Gasteiger partial charge in [-0.3, -0.25) is 14.9 Å². The van der Waals surface area contributed by atoms with Crippen LogP contribution in [0.3, 0.4) is 0 Å². The van der Waals surface area contributed by atoms with E-state index in [9.17, 15) is 19.3 Å². The molecule has 1 aliphatic carbocycles. The van der Waals surface area contributed by atoms with Gasteiger partial charge in [-0.05, 0) is 37.2 Å². The lowest BCUT2D eigenvalue weighted by Crippen LogP contribution is -2.30. The molecule has 112 valence electrons. The van der Waals surface area contributed by atoms with Gasteiger partial charge in [-0.2, -0.15) is 0 Å². The molecule has 1 amide bonds. The lowest BCUT2D eigenvalue weighted by Gasteiger charge is -2.18. The molecule has 2 aliphatic rings. The van der Waals surface area contributed by atoms with Gasteiger partial charge in [-0.15, -0.1) is 0 Å². The first-order valence-corrected chi connectivity index (χ1v) is 7.21. The van der Waals surface area contributed by atoms with Crippen molar-refractivity contribution >= 4 is 11.6 Å². The van der Waals surface area contributed by atoms with Gasteiger partial charge in [-0.25, -0.2) is 4.39 Å². The fourth-order valence-electron chi connectivity index (χ4n) is 3.58. The van der Waals surface area contributed by atoms with Crippen molar-refractivity contribution in [2.45, 2.75) is 26.2 Å². The Morgan fingerprint density at radius 1 is 1.33 bits per heavy atom. The van der Waals surface area contributed by atoms with E-state index in [0.717, 1.165) is 25.0 Å². The van der Waals surface area contributed by atoms with Crippen LogP contribution < -0.4 is 0 Å². The summed E-state index contributed by atoms with van der Waals surface area (Å²) in [5, 5.41) is 10.9. The number of rotatable bonds is 2. The molecule has 1 aromatic carbocycles. The van der Waals surface area contributed by atoms with Crippen LogP contribution in [-0.4, -0.2) is 28.8 Å². The fourth-order valence-corrected chi connectivity index (χ4v) is 3.58. The number of hydrogen-bond acceptors (Lipinski definition) is 3. The number of nitro benzene ring substituents is 1. The predicted octanol–water partition coefficient (Wildman–Crippen LogP) is 2.91. The lowest BCUT2D eigenvalue weighted by atomic mass is 10.0. The molecule has 1 heterocycles. The van der Waals surface area contributed by atoms with Crippen molar-refractivity contribution in [2.75, 3.05) is 13.1 Å². The molecule has 2 unspecified atom stereocenters. The minimum absolute atomic E-state index is 0.131. The van der Waals surface area contributed by atoms with E-state index in [1.165, 1.54) is 13.3 Å². The molecule has 0 radical (unpaired) electrons. The summed E-state index contributed by atoms with van der Waals surface area (Å²) >= 11 is 0. The van der Waals surface area contributed by atoms with Gasteiger partial charge in [0.1, 0.15) is 5.82 Å². The zero-order valence-corrected chi connectivity index (χ0v) is 11.8. The van der Waals surface area contributed by atoms with E-state index < -0.39 is 16.6 Å². The van der Waals surface area contributed by atoms with Gasteiger partial charge >= 0.3 is 0 Å². The maximum absolute atomic E-state index is 14.2. The molecule has 0 aromatic heterocycles. The molecule has 3 rings (SSSR count). The molecule has 1 saturated heterocycles. The summed E-state index contributed by atoms with van der Waals surface area (Å²) in [6, 6.07) is 2.21. The van der Waals surface area contributed by atoms with Gasteiger partial charge in [-0.1, -0.05) is 6.42 Å². The average molecular weight is 292 g/mol. The van der Waals surface area contributed by atoms with Gasteiger partial charge in [0.2, 0.25) is 0 Å². The Labute approximate surface area is 121 Å². The monoisotopic (exact) mass is 292 g/mol. The van der Waals surface area contributed by atoms with Crippen LogP contribution in [0.2, 0.25) is 0 Å². The SMILES string of the molecule is Cc1cc([N+](=O)[O-])cc(C(=O)N2CC3CCCC3C2)c1F. The van der Waals surface area contributed by atoms with Crippen molar-refractivity contribution < 1.29 is 14.1 Å². The number of aryl methyl sites for hydroxylation is 1. The normalized spacial score (nSPS) is 24.2. The van der Waals surface area contributed by atoms with E-state index in [4.69, 9.17) is 0 Å². The highest BCUT2D eigenvalue weighted by atomic mass is 19.1. The molecule has 6 heteroatoms. The van der Waals surface area contributed by atoms with Gasteiger partial charge in [0.25, 0.3) is 11.6 Å². The second kappa shape index (κ2) is 5.09. The largest absolute Gasteiger partial charge is 0.338 e. The first-order valence-electron chi connectivity index (χ1n) is 7.21. The molecule has 1 aromatic rings. The Balaban J connectivity index is 1.89. The van der Waals surface area contributed by atoms with Crippen LogP contribution in [0.4, 0.5) is 10.1 Å². The van der Waals surface area contributed by atoms with E-state index in [-0.39, 0.29) is 16.8 Å². The summed E-state index contributed by atoms with van der Waals surface area (Å²) in [5.74, 6) is -0.0510. The van der Waals surface area contributed by atoms with Crippen molar-refractivity contribution in [3.63, 3.8) is 0 Å². The van der Waals surface area contributed by atoms with E-state index in [1.807, 2.05) is 0 Å². The second-order valence-corrected chi connectivity index (χ2v) is 6.04. The molecule has 2 atom stereocenters. The molecule has 1 aliphatic heterocycles. The fraction of sp³-hybridized carbons (Fsp3) is 0.533. The Morgan fingerprint density at radius 2 is 1.95 bits per heavy atom. The van der Waals surface area contributed by atoms with Gasteiger partial charge in [0.15, 0.2) is 0 Å². The lowest BCUT2D eigenvalue weighted by molar-refractivity contribution is -0.385. The van der Waals surface area contributed by atoms with E-state index in [1.54, 1.807) is 4.90 Å². The maximum atomic E-state index is 14.2. The van der Waals surface area contributed by atoms with Crippen LogP contribution in [0.5, 0.6) is 0 Å². The summed E-state index contributed by atoms with van der Waals surface area (Å²) in [6.07, 6.45) is 3.43. The Morgan fingerprint density at radius 3 is 2.52 bits per heavy atom. The van der Waals surface area contributed by atoms with E-state index >= 15 is 0 Å². The molecule has 5 nitrogen and oxygen atoms in total. The van der Waals surface area contributed by atoms with Gasteiger partial charge in [0, 0.05) is 25.2 Å². The van der Waals surface area contributed by atoms with Crippen molar-refractivity contribution in [3.05, 3.63) is 39.2 Å². The van der Waals surface area contributed by atoms with Gasteiger partial charge < -0.3 is 4.90 Å². The summed E-state index contributed by atoms with van der Waals surface area (Å²) in [4.78, 5) is 24.4. The highest BCUT2D eigenvalue weighted by Gasteiger charge is 2.39. The van der Waals surface area contributed by atoms with Crippen LogP contribution in [0.25, 0.3) is 0 Å². The average Bonchev–Trinajstić information content (AvgIpc) is 3.01. The first kappa shape index (κ1) is 14.0. The molecule has 1 saturated carbocycles. The number of carbonyl (C=O) groups excluding carboxylic acids is 1. The van der Waals surface area contributed by atoms with E-state index in [2.05, 4.69) is 0 Å². The molecule has 0 spiro atoms. The number of nitro groups is 1. The second-order valence-electron chi connectivity index (χ2n) is 6.04.